The molecule has 94 valence electrons. The maximum Gasteiger partial charge on any atom is 0.257 e. The van der Waals surface area contributed by atoms with Crippen LogP contribution in [-0.4, -0.2) is 19.1 Å². The van der Waals surface area contributed by atoms with E-state index in [9.17, 15) is 9.18 Å². The quantitative estimate of drug-likeness (QED) is 0.774. The molecule has 0 atom stereocenters. The number of carbonyl (C=O) groups excluding carboxylic acids is 1. The van der Waals surface area contributed by atoms with Gasteiger partial charge in [0.1, 0.15) is 11.6 Å². The fourth-order valence-electron chi connectivity index (χ4n) is 1.27. The second-order valence-electron chi connectivity index (χ2n) is 3.90. The van der Waals surface area contributed by atoms with Crippen LogP contribution in [0.1, 0.15) is 25.3 Å². The Bertz CT molecular complexity index is 380. The molecule has 0 fully saturated rings. The molecular weight excluding hydrogens is 221 g/mol. The fourth-order valence-corrected chi connectivity index (χ4v) is 1.27. The number of hydrogen-bond donors (Lipinski definition) is 1. The van der Waals surface area contributed by atoms with E-state index in [2.05, 4.69) is 12.2 Å². The van der Waals surface area contributed by atoms with Gasteiger partial charge in [0.25, 0.3) is 5.91 Å². The summed E-state index contributed by atoms with van der Waals surface area (Å²) in [6.45, 7) is 4.31. The lowest BCUT2D eigenvalue weighted by atomic mass is 10.2. The monoisotopic (exact) mass is 239 g/mol. The van der Waals surface area contributed by atoms with Gasteiger partial charge in [-0.05, 0) is 25.0 Å². The van der Waals surface area contributed by atoms with Crippen molar-refractivity contribution in [2.75, 3.05) is 13.2 Å². The van der Waals surface area contributed by atoms with Crippen LogP contribution in [0, 0.1) is 12.7 Å². The molecule has 0 aliphatic heterocycles. The Kier molecular flexibility index (Phi) is 5.46. The van der Waals surface area contributed by atoms with E-state index in [4.69, 9.17) is 4.74 Å². The molecule has 1 amide bonds. The van der Waals surface area contributed by atoms with Crippen molar-refractivity contribution in [2.45, 2.75) is 26.7 Å². The molecular formula is C13H18FNO2. The molecule has 1 rings (SSSR count). The van der Waals surface area contributed by atoms with E-state index in [0.717, 1.165) is 12.8 Å². The highest BCUT2D eigenvalue weighted by molar-refractivity contribution is 5.77. The molecule has 0 heterocycles. The third-order valence-corrected chi connectivity index (χ3v) is 2.37. The van der Waals surface area contributed by atoms with Gasteiger partial charge in [-0.3, -0.25) is 4.79 Å². The summed E-state index contributed by atoms with van der Waals surface area (Å²) >= 11 is 0. The van der Waals surface area contributed by atoms with Gasteiger partial charge in [0.05, 0.1) is 0 Å². The maximum atomic E-state index is 13.2. The van der Waals surface area contributed by atoms with Gasteiger partial charge in [0.2, 0.25) is 0 Å². The van der Waals surface area contributed by atoms with Gasteiger partial charge in [-0.2, -0.15) is 0 Å². The molecule has 0 aliphatic rings. The summed E-state index contributed by atoms with van der Waals surface area (Å²) in [7, 11) is 0. The van der Waals surface area contributed by atoms with Crippen molar-refractivity contribution in [3.05, 3.63) is 29.6 Å². The van der Waals surface area contributed by atoms with Crippen LogP contribution in [0.15, 0.2) is 18.2 Å². The van der Waals surface area contributed by atoms with Crippen molar-refractivity contribution >= 4 is 5.91 Å². The number of carbonyl (C=O) groups is 1. The minimum Gasteiger partial charge on any atom is -0.484 e. The van der Waals surface area contributed by atoms with E-state index in [-0.39, 0.29) is 18.3 Å². The van der Waals surface area contributed by atoms with Gasteiger partial charge in [0.15, 0.2) is 6.61 Å². The second kappa shape index (κ2) is 6.89. The highest BCUT2D eigenvalue weighted by Gasteiger charge is 2.04. The zero-order valence-corrected chi connectivity index (χ0v) is 10.3. The number of unbranched alkanes of at least 4 members (excludes halogenated alkanes) is 1. The molecule has 0 aliphatic carbocycles. The Morgan fingerprint density at radius 2 is 2.24 bits per heavy atom. The third-order valence-electron chi connectivity index (χ3n) is 2.37. The minimum absolute atomic E-state index is 0.0772. The SMILES string of the molecule is CCCCNC(=O)COc1ccc(C)c(F)c1. The first-order valence-electron chi connectivity index (χ1n) is 5.79. The van der Waals surface area contributed by atoms with Crippen molar-refractivity contribution in [2.24, 2.45) is 0 Å². The van der Waals surface area contributed by atoms with Crippen LogP contribution in [0.25, 0.3) is 0 Å². The van der Waals surface area contributed by atoms with Crippen LogP contribution in [0.3, 0.4) is 0 Å². The predicted molar refractivity (Wildman–Crippen MR) is 64.5 cm³/mol. The lowest BCUT2D eigenvalue weighted by molar-refractivity contribution is -0.123. The smallest absolute Gasteiger partial charge is 0.257 e. The lowest BCUT2D eigenvalue weighted by Crippen LogP contribution is -2.29. The molecule has 0 saturated carbocycles. The van der Waals surface area contributed by atoms with E-state index < -0.39 is 0 Å². The Morgan fingerprint density at radius 3 is 2.88 bits per heavy atom. The number of benzene rings is 1. The van der Waals surface area contributed by atoms with Crippen molar-refractivity contribution in [3.63, 3.8) is 0 Å². The van der Waals surface area contributed by atoms with E-state index >= 15 is 0 Å². The number of nitrogens with one attached hydrogen (secondary N) is 1. The van der Waals surface area contributed by atoms with Crippen LogP contribution >= 0.6 is 0 Å². The Hall–Kier alpha value is -1.58. The predicted octanol–water partition coefficient (Wildman–Crippen LogP) is 2.43. The molecule has 0 spiro atoms. The molecule has 0 bridgehead atoms. The van der Waals surface area contributed by atoms with Crippen molar-refractivity contribution < 1.29 is 13.9 Å². The van der Waals surface area contributed by atoms with Crippen molar-refractivity contribution in [1.29, 1.82) is 0 Å². The van der Waals surface area contributed by atoms with Gasteiger partial charge in [-0.1, -0.05) is 19.4 Å². The van der Waals surface area contributed by atoms with Crippen molar-refractivity contribution in [1.82, 2.24) is 5.32 Å². The molecule has 0 radical (unpaired) electrons. The van der Waals surface area contributed by atoms with E-state index in [0.29, 0.717) is 17.9 Å². The standard InChI is InChI=1S/C13H18FNO2/c1-3-4-7-15-13(16)9-17-11-6-5-10(2)12(14)8-11/h5-6,8H,3-4,7,9H2,1-2H3,(H,15,16). The number of aryl methyl sites for hydroxylation is 1. The van der Waals surface area contributed by atoms with Crippen LogP contribution in [-0.2, 0) is 4.79 Å². The molecule has 1 aromatic carbocycles. The first kappa shape index (κ1) is 13.5. The average Bonchev–Trinajstić information content (AvgIpc) is 2.31. The number of rotatable bonds is 6. The normalized spacial score (nSPS) is 10.1. The van der Waals surface area contributed by atoms with Crippen LogP contribution < -0.4 is 10.1 Å². The zero-order chi connectivity index (χ0) is 12.7. The highest BCUT2D eigenvalue weighted by Crippen LogP contribution is 2.15. The van der Waals surface area contributed by atoms with Gasteiger partial charge < -0.3 is 10.1 Å². The number of hydrogen-bond acceptors (Lipinski definition) is 2. The summed E-state index contributed by atoms with van der Waals surface area (Å²) in [6, 6.07) is 4.56. The van der Waals surface area contributed by atoms with Gasteiger partial charge in [0, 0.05) is 12.6 Å². The molecule has 1 N–H and O–H groups in total. The molecule has 1 aromatic rings. The summed E-state index contributed by atoms with van der Waals surface area (Å²) in [5.74, 6) is -0.132. The molecule has 17 heavy (non-hydrogen) atoms. The third kappa shape index (κ3) is 4.85. The first-order chi connectivity index (χ1) is 8.13. The Labute approximate surface area is 101 Å². The topological polar surface area (TPSA) is 38.3 Å². The maximum absolute atomic E-state index is 13.2. The zero-order valence-electron chi connectivity index (χ0n) is 10.3. The number of halogens is 1. The Balaban J connectivity index is 2.34. The Morgan fingerprint density at radius 1 is 1.47 bits per heavy atom. The van der Waals surface area contributed by atoms with Gasteiger partial charge >= 0.3 is 0 Å². The van der Waals surface area contributed by atoms with Gasteiger partial charge in [-0.15, -0.1) is 0 Å². The molecule has 0 unspecified atom stereocenters. The number of amides is 1. The van der Waals surface area contributed by atoms with Crippen LogP contribution in [0.2, 0.25) is 0 Å². The number of ether oxygens (including phenoxy) is 1. The second-order valence-corrected chi connectivity index (χ2v) is 3.90. The average molecular weight is 239 g/mol. The summed E-state index contributed by atoms with van der Waals surface area (Å²) in [4.78, 5) is 11.3. The highest BCUT2D eigenvalue weighted by atomic mass is 19.1. The van der Waals surface area contributed by atoms with Crippen LogP contribution in [0.4, 0.5) is 4.39 Å². The van der Waals surface area contributed by atoms with E-state index in [1.54, 1.807) is 19.1 Å². The molecule has 0 aromatic heterocycles. The minimum atomic E-state index is -0.325. The van der Waals surface area contributed by atoms with E-state index in [1.165, 1.54) is 6.07 Å². The molecule has 0 saturated heterocycles. The van der Waals surface area contributed by atoms with E-state index in [1.807, 2.05) is 0 Å². The largest absolute Gasteiger partial charge is 0.484 e. The fraction of sp³-hybridized carbons (Fsp3) is 0.462. The van der Waals surface area contributed by atoms with Gasteiger partial charge in [-0.25, -0.2) is 4.39 Å². The van der Waals surface area contributed by atoms with Crippen LogP contribution in [0.5, 0.6) is 5.75 Å². The molecule has 3 nitrogen and oxygen atoms in total. The summed E-state index contributed by atoms with van der Waals surface area (Å²) in [6.07, 6.45) is 1.98. The summed E-state index contributed by atoms with van der Waals surface area (Å²) in [5, 5.41) is 2.72. The summed E-state index contributed by atoms with van der Waals surface area (Å²) < 4.78 is 18.4. The summed E-state index contributed by atoms with van der Waals surface area (Å²) in [5.41, 5.74) is 0.560. The van der Waals surface area contributed by atoms with Crippen molar-refractivity contribution in [3.8, 4) is 5.75 Å². The molecule has 4 heteroatoms. The lowest BCUT2D eigenvalue weighted by Gasteiger charge is -2.07. The first-order valence-corrected chi connectivity index (χ1v) is 5.79.